The van der Waals surface area contributed by atoms with Gasteiger partial charge in [-0.25, -0.2) is 21.1 Å². The van der Waals surface area contributed by atoms with E-state index in [4.69, 9.17) is 0 Å². The first-order chi connectivity index (χ1) is 8.81. The quantitative estimate of drug-likeness (QED) is 0.752. The molecule has 2 aliphatic rings. The van der Waals surface area contributed by atoms with Gasteiger partial charge in [-0.1, -0.05) is 0 Å². The van der Waals surface area contributed by atoms with Crippen LogP contribution in [0.25, 0.3) is 0 Å². The molecule has 2 unspecified atom stereocenters. The molecular weight excluding hydrogens is 288 g/mol. The molecule has 0 aromatic heterocycles. The summed E-state index contributed by atoms with van der Waals surface area (Å²) in [7, 11) is -5.08. The molecule has 2 rings (SSSR count). The summed E-state index contributed by atoms with van der Waals surface area (Å²) in [5, 5.41) is 2.51. The van der Waals surface area contributed by atoms with Crippen molar-refractivity contribution < 1.29 is 16.8 Å². The van der Waals surface area contributed by atoms with Crippen LogP contribution in [0.1, 0.15) is 19.3 Å². The van der Waals surface area contributed by atoms with Gasteiger partial charge in [0.15, 0.2) is 9.84 Å². The van der Waals surface area contributed by atoms with E-state index in [9.17, 15) is 16.8 Å². The van der Waals surface area contributed by atoms with Gasteiger partial charge in [0.05, 0.1) is 16.8 Å². The summed E-state index contributed by atoms with van der Waals surface area (Å²) in [6, 6.07) is 0. The van der Waals surface area contributed by atoms with Crippen LogP contribution in [-0.2, 0) is 19.9 Å². The molecule has 0 amide bonds. The molecule has 0 spiro atoms. The summed E-state index contributed by atoms with van der Waals surface area (Å²) in [5.41, 5.74) is 0. The lowest BCUT2D eigenvalue weighted by molar-refractivity contribution is 0.313. The number of rotatable bonds is 4. The molecule has 2 heterocycles. The number of sulfone groups is 1. The monoisotopic (exact) mass is 310 g/mol. The first-order valence-electron chi connectivity index (χ1n) is 6.67. The molecule has 2 fully saturated rings. The second kappa shape index (κ2) is 5.67. The SMILES string of the molecule is CN(CC1CCCNC1)S(=O)(=O)C1CCS(=O)(=O)C1. The average Bonchev–Trinajstić information content (AvgIpc) is 2.71. The fraction of sp³-hybridized carbons (Fsp3) is 1.00. The highest BCUT2D eigenvalue weighted by Crippen LogP contribution is 2.23. The molecule has 19 heavy (non-hydrogen) atoms. The minimum Gasteiger partial charge on any atom is -0.316 e. The summed E-state index contributed by atoms with van der Waals surface area (Å²) in [6.45, 7) is 2.31. The van der Waals surface area contributed by atoms with E-state index in [1.165, 1.54) is 4.31 Å². The maximum absolute atomic E-state index is 12.3. The third kappa shape index (κ3) is 3.68. The van der Waals surface area contributed by atoms with Crippen molar-refractivity contribution >= 4 is 19.9 Å². The van der Waals surface area contributed by atoms with Gasteiger partial charge in [-0.3, -0.25) is 0 Å². The van der Waals surface area contributed by atoms with Crippen LogP contribution in [0.3, 0.4) is 0 Å². The lowest BCUT2D eigenvalue weighted by Gasteiger charge is -2.28. The maximum atomic E-state index is 12.3. The predicted octanol–water partition coefficient (Wildman–Crippen LogP) is -0.565. The Bertz CT molecular complexity index is 509. The molecule has 0 radical (unpaired) electrons. The molecule has 112 valence electrons. The van der Waals surface area contributed by atoms with E-state index in [2.05, 4.69) is 5.32 Å². The van der Waals surface area contributed by atoms with E-state index in [-0.39, 0.29) is 17.9 Å². The van der Waals surface area contributed by atoms with E-state index in [0.717, 1.165) is 25.9 Å². The van der Waals surface area contributed by atoms with Crippen LogP contribution in [0.15, 0.2) is 0 Å². The molecule has 0 aromatic carbocycles. The van der Waals surface area contributed by atoms with Crippen molar-refractivity contribution in [1.29, 1.82) is 0 Å². The highest BCUT2D eigenvalue weighted by atomic mass is 32.2. The summed E-state index contributed by atoms with van der Waals surface area (Å²) >= 11 is 0. The summed E-state index contributed by atoms with van der Waals surface area (Å²) in [4.78, 5) is 0. The molecule has 2 atom stereocenters. The van der Waals surface area contributed by atoms with E-state index < -0.39 is 25.1 Å². The normalized spacial score (nSPS) is 31.7. The lowest BCUT2D eigenvalue weighted by atomic mass is 10.00. The van der Waals surface area contributed by atoms with Crippen molar-refractivity contribution in [2.24, 2.45) is 5.92 Å². The van der Waals surface area contributed by atoms with Crippen LogP contribution in [0.5, 0.6) is 0 Å². The largest absolute Gasteiger partial charge is 0.316 e. The zero-order valence-electron chi connectivity index (χ0n) is 11.2. The standard InChI is InChI=1S/C11H22N2O4S2/c1-13(8-10-3-2-5-12-7-10)19(16,17)11-4-6-18(14,15)9-11/h10-12H,2-9H2,1H3. The Morgan fingerprint density at radius 2 is 2.05 bits per heavy atom. The van der Waals surface area contributed by atoms with Crippen molar-refractivity contribution in [3.8, 4) is 0 Å². The van der Waals surface area contributed by atoms with Crippen molar-refractivity contribution in [3.63, 3.8) is 0 Å². The number of hydrogen-bond acceptors (Lipinski definition) is 5. The number of piperidine rings is 1. The summed E-state index contributed by atoms with van der Waals surface area (Å²) in [6.07, 6.45) is 2.32. The number of nitrogens with one attached hydrogen (secondary N) is 1. The van der Waals surface area contributed by atoms with Crippen molar-refractivity contribution in [1.82, 2.24) is 9.62 Å². The van der Waals surface area contributed by atoms with Gasteiger partial charge in [-0.2, -0.15) is 0 Å². The number of nitrogens with zero attached hydrogens (tertiary/aromatic N) is 1. The molecular formula is C11H22N2O4S2. The molecule has 1 N–H and O–H groups in total. The molecule has 8 heteroatoms. The van der Waals surface area contributed by atoms with Crippen LogP contribution in [0.4, 0.5) is 0 Å². The summed E-state index contributed by atoms with van der Waals surface area (Å²) in [5.74, 6) is 0.102. The Kier molecular flexibility index (Phi) is 4.54. The molecule has 6 nitrogen and oxygen atoms in total. The Hall–Kier alpha value is -0.180. The van der Waals surface area contributed by atoms with Crippen LogP contribution < -0.4 is 5.32 Å². The maximum Gasteiger partial charge on any atom is 0.217 e. The van der Waals surface area contributed by atoms with Crippen LogP contribution >= 0.6 is 0 Å². The first-order valence-corrected chi connectivity index (χ1v) is 10.00. The minimum atomic E-state index is -3.48. The Balaban J connectivity index is 1.99. The van der Waals surface area contributed by atoms with Crippen LogP contribution in [0, 0.1) is 5.92 Å². The van der Waals surface area contributed by atoms with E-state index in [1.54, 1.807) is 7.05 Å². The average molecular weight is 310 g/mol. The number of sulfonamides is 1. The van der Waals surface area contributed by atoms with Gasteiger partial charge in [-0.15, -0.1) is 0 Å². The van der Waals surface area contributed by atoms with Gasteiger partial charge < -0.3 is 5.32 Å². The highest BCUT2D eigenvalue weighted by Gasteiger charge is 2.39. The van der Waals surface area contributed by atoms with E-state index in [1.807, 2.05) is 0 Å². The lowest BCUT2D eigenvalue weighted by Crippen LogP contribution is -2.42. The second-order valence-electron chi connectivity index (χ2n) is 5.56. The van der Waals surface area contributed by atoms with Crippen LogP contribution in [-0.4, -0.2) is 64.6 Å². The molecule has 0 aliphatic carbocycles. The van der Waals surface area contributed by atoms with Gasteiger partial charge in [0.2, 0.25) is 10.0 Å². The molecule has 0 aromatic rings. The highest BCUT2D eigenvalue weighted by molar-refractivity contribution is 7.95. The topological polar surface area (TPSA) is 83.6 Å². The van der Waals surface area contributed by atoms with Gasteiger partial charge in [0, 0.05) is 13.6 Å². The van der Waals surface area contributed by atoms with Crippen molar-refractivity contribution in [3.05, 3.63) is 0 Å². The van der Waals surface area contributed by atoms with Gasteiger partial charge in [0.1, 0.15) is 0 Å². The zero-order chi connectivity index (χ0) is 14.1. The molecule has 2 aliphatic heterocycles. The predicted molar refractivity (Wildman–Crippen MR) is 74.2 cm³/mol. The van der Waals surface area contributed by atoms with Gasteiger partial charge in [0.25, 0.3) is 0 Å². The fourth-order valence-electron chi connectivity index (χ4n) is 2.80. The van der Waals surface area contributed by atoms with E-state index in [0.29, 0.717) is 12.5 Å². The third-order valence-electron chi connectivity index (χ3n) is 3.96. The number of hydrogen-bond donors (Lipinski definition) is 1. The fourth-order valence-corrected chi connectivity index (χ4v) is 7.14. The minimum absolute atomic E-state index is 0.00425. The smallest absolute Gasteiger partial charge is 0.217 e. The first kappa shape index (κ1) is 15.2. The molecule has 2 saturated heterocycles. The summed E-state index contributed by atoms with van der Waals surface area (Å²) < 4.78 is 48.8. The van der Waals surface area contributed by atoms with Gasteiger partial charge in [-0.05, 0) is 38.3 Å². The zero-order valence-corrected chi connectivity index (χ0v) is 12.8. The molecule has 0 saturated carbocycles. The second-order valence-corrected chi connectivity index (χ2v) is 10.1. The third-order valence-corrected chi connectivity index (χ3v) is 8.20. The van der Waals surface area contributed by atoms with E-state index >= 15 is 0 Å². The Labute approximate surface area is 115 Å². The Morgan fingerprint density at radius 1 is 1.32 bits per heavy atom. The van der Waals surface area contributed by atoms with Crippen molar-refractivity contribution in [2.75, 3.05) is 38.2 Å². The van der Waals surface area contributed by atoms with Crippen molar-refractivity contribution in [2.45, 2.75) is 24.5 Å². The van der Waals surface area contributed by atoms with Crippen LogP contribution in [0.2, 0.25) is 0 Å². The molecule has 0 bridgehead atoms. The Morgan fingerprint density at radius 3 is 2.58 bits per heavy atom. The van der Waals surface area contributed by atoms with Gasteiger partial charge >= 0.3 is 0 Å².